The minimum Gasteiger partial charge on any atom is -0.483 e. The monoisotopic (exact) mass is 382 g/mol. The van der Waals surface area contributed by atoms with Crippen molar-refractivity contribution < 1.29 is 14.3 Å². The van der Waals surface area contributed by atoms with Crippen molar-refractivity contribution in [3.63, 3.8) is 0 Å². The molecule has 0 saturated carbocycles. The van der Waals surface area contributed by atoms with Gasteiger partial charge in [-0.2, -0.15) is 0 Å². The van der Waals surface area contributed by atoms with Crippen LogP contribution in [0.5, 0.6) is 5.75 Å². The Labute approximate surface area is 167 Å². The van der Waals surface area contributed by atoms with E-state index in [0.717, 1.165) is 16.9 Å². The lowest BCUT2D eigenvalue weighted by Gasteiger charge is -2.13. The molecule has 2 amide bonds. The number of aryl methyl sites for hydroxylation is 1. The normalized spacial score (nSPS) is 10.8. The summed E-state index contributed by atoms with van der Waals surface area (Å²) in [4.78, 5) is 24.0. The molecule has 0 radical (unpaired) electrons. The van der Waals surface area contributed by atoms with E-state index in [2.05, 4.69) is 30.5 Å². The molecule has 0 aliphatic heterocycles. The molecule has 0 heterocycles. The second-order valence-electron chi connectivity index (χ2n) is 7.61. The number of carbonyl (C=O) groups is 2. The molecule has 150 valence electrons. The van der Waals surface area contributed by atoms with E-state index in [-0.39, 0.29) is 24.5 Å². The van der Waals surface area contributed by atoms with E-state index in [9.17, 15) is 9.59 Å². The van der Waals surface area contributed by atoms with Crippen LogP contribution in [0.3, 0.4) is 0 Å². The summed E-state index contributed by atoms with van der Waals surface area (Å²) in [6, 6.07) is 13.5. The molecule has 2 N–H and O–H groups in total. The lowest BCUT2D eigenvalue weighted by molar-refractivity contribution is -0.121. The molecule has 2 aromatic rings. The van der Waals surface area contributed by atoms with Crippen LogP contribution in [0.2, 0.25) is 0 Å². The van der Waals surface area contributed by atoms with Crippen LogP contribution in [-0.2, 0) is 16.0 Å². The van der Waals surface area contributed by atoms with Gasteiger partial charge >= 0.3 is 0 Å². The number of amides is 2. The van der Waals surface area contributed by atoms with Crippen LogP contribution in [0.4, 0.5) is 5.69 Å². The predicted molar refractivity (Wildman–Crippen MR) is 113 cm³/mol. The largest absolute Gasteiger partial charge is 0.483 e. The highest BCUT2D eigenvalue weighted by atomic mass is 16.5. The summed E-state index contributed by atoms with van der Waals surface area (Å²) in [7, 11) is 0. The van der Waals surface area contributed by atoms with Crippen LogP contribution in [0.25, 0.3) is 0 Å². The molecule has 0 aromatic heterocycles. The Hall–Kier alpha value is -2.82. The molecule has 28 heavy (non-hydrogen) atoms. The van der Waals surface area contributed by atoms with Crippen molar-refractivity contribution in [3.05, 3.63) is 59.2 Å². The van der Waals surface area contributed by atoms with E-state index < -0.39 is 0 Å². The Morgan fingerprint density at radius 3 is 2.25 bits per heavy atom. The van der Waals surface area contributed by atoms with Crippen LogP contribution in [-0.4, -0.2) is 24.5 Å². The first kappa shape index (κ1) is 21.5. The highest BCUT2D eigenvalue weighted by Gasteiger charge is 2.09. The van der Waals surface area contributed by atoms with Gasteiger partial charge in [-0.05, 0) is 61.6 Å². The Kier molecular flexibility index (Phi) is 7.61. The molecule has 0 aliphatic carbocycles. The van der Waals surface area contributed by atoms with Crippen molar-refractivity contribution in [3.8, 4) is 5.75 Å². The molecule has 0 unspecified atom stereocenters. The van der Waals surface area contributed by atoms with E-state index in [1.807, 2.05) is 45.0 Å². The van der Waals surface area contributed by atoms with Crippen molar-refractivity contribution >= 4 is 17.5 Å². The van der Waals surface area contributed by atoms with E-state index in [4.69, 9.17) is 4.74 Å². The SMILES string of the molecule is Cc1ccc(C(C)C)cc1OCC(=O)Nc1ccc(CC(=O)NC(C)C)cc1. The first-order chi connectivity index (χ1) is 13.2. The number of rotatable bonds is 8. The number of hydrogen-bond donors (Lipinski definition) is 2. The van der Waals surface area contributed by atoms with Gasteiger partial charge in [0.15, 0.2) is 6.61 Å². The van der Waals surface area contributed by atoms with Crippen molar-refractivity contribution in [2.75, 3.05) is 11.9 Å². The predicted octanol–water partition coefficient (Wildman–Crippen LogP) is 4.20. The molecular formula is C23H30N2O3. The van der Waals surface area contributed by atoms with Gasteiger partial charge < -0.3 is 15.4 Å². The van der Waals surface area contributed by atoms with Crippen LogP contribution in [0, 0.1) is 6.92 Å². The number of ether oxygens (including phenoxy) is 1. The lowest BCUT2D eigenvalue weighted by atomic mass is 10.0. The number of carbonyl (C=O) groups excluding carboxylic acids is 2. The standard InChI is InChI=1S/C23H30N2O3/c1-15(2)19-9-6-17(5)21(13-19)28-14-23(27)25-20-10-7-18(8-11-20)12-22(26)24-16(3)4/h6-11,13,15-16H,12,14H2,1-5H3,(H,24,26)(H,25,27). The van der Waals surface area contributed by atoms with Crippen molar-refractivity contribution in [1.82, 2.24) is 5.32 Å². The summed E-state index contributed by atoms with van der Waals surface area (Å²) in [5.74, 6) is 0.893. The fraction of sp³-hybridized carbons (Fsp3) is 0.391. The van der Waals surface area contributed by atoms with Crippen molar-refractivity contribution in [2.24, 2.45) is 0 Å². The molecule has 2 rings (SSSR count). The molecule has 0 aliphatic rings. The van der Waals surface area contributed by atoms with Gasteiger partial charge in [0, 0.05) is 11.7 Å². The summed E-state index contributed by atoms with van der Waals surface area (Å²) >= 11 is 0. The summed E-state index contributed by atoms with van der Waals surface area (Å²) in [6.45, 7) is 10.0. The third-order valence-corrected chi connectivity index (χ3v) is 4.29. The van der Waals surface area contributed by atoms with E-state index in [1.165, 1.54) is 5.56 Å². The highest BCUT2D eigenvalue weighted by molar-refractivity contribution is 5.92. The van der Waals surface area contributed by atoms with E-state index in [1.54, 1.807) is 12.1 Å². The second-order valence-corrected chi connectivity index (χ2v) is 7.61. The zero-order valence-corrected chi connectivity index (χ0v) is 17.3. The Morgan fingerprint density at radius 2 is 1.64 bits per heavy atom. The third kappa shape index (κ3) is 6.72. The molecule has 0 saturated heterocycles. The second kappa shape index (κ2) is 9.93. The van der Waals surface area contributed by atoms with Gasteiger partial charge in [-0.1, -0.05) is 38.1 Å². The zero-order valence-electron chi connectivity index (χ0n) is 17.3. The Balaban J connectivity index is 1.88. The molecule has 2 aromatic carbocycles. The topological polar surface area (TPSA) is 67.4 Å². The minimum absolute atomic E-state index is 0.0146. The highest BCUT2D eigenvalue weighted by Crippen LogP contribution is 2.24. The van der Waals surface area contributed by atoms with Crippen LogP contribution in [0.15, 0.2) is 42.5 Å². The average Bonchev–Trinajstić information content (AvgIpc) is 2.61. The van der Waals surface area contributed by atoms with Crippen LogP contribution >= 0.6 is 0 Å². The Morgan fingerprint density at radius 1 is 0.964 bits per heavy atom. The zero-order chi connectivity index (χ0) is 20.7. The molecule has 5 nitrogen and oxygen atoms in total. The number of nitrogens with one attached hydrogen (secondary N) is 2. The van der Waals surface area contributed by atoms with Gasteiger partial charge in [-0.15, -0.1) is 0 Å². The summed E-state index contributed by atoms with van der Waals surface area (Å²) in [5, 5.41) is 5.68. The number of hydrogen-bond acceptors (Lipinski definition) is 3. The molecule has 5 heteroatoms. The van der Waals surface area contributed by atoms with Gasteiger partial charge in [0.2, 0.25) is 5.91 Å². The summed E-state index contributed by atoms with van der Waals surface area (Å²) in [5.41, 5.74) is 3.75. The average molecular weight is 383 g/mol. The van der Waals surface area contributed by atoms with Crippen molar-refractivity contribution in [2.45, 2.75) is 53.0 Å². The van der Waals surface area contributed by atoms with Gasteiger partial charge in [0.25, 0.3) is 5.91 Å². The third-order valence-electron chi connectivity index (χ3n) is 4.29. The number of anilines is 1. The van der Waals surface area contributed by atoms with Crippen LogP contribution in [0.1, 0.15) is 50.3 Å². The lowest BCUT2D eigenvalue weighted by Crippen LogP contribution is -2.31. The van der Waals surface area contributed by atoms with Crippen molar-refractivity contribution in [1.29, 1.82) is 0 Å². The molecular weight excluding hydrogens is 352 g/mol. The fourth-order valence-corrected chi connectivity index (χ4v) is 2.74. The fourth-order valence-electron chi connectivity index (χ4n) is 2.74. The maximum Gasteiger partial charge on any atom is 0.262 e. The maximum atomic E-state index is 12.2. The maximum absolute atomic E-state index is 12.2. The van der Waals surface area contributed by atoms with Gasteiger partial charge in [0.05, 0.1) is 6.42 Å². The Bertz CT molecular complexity index is 811. The first-order valence-corrected chi connectivity index (χ1v) is 9.66. The molecule has 0 bridgehead atoms. The minimum atomic E-state index is -0.223. The quantitative estimate of drug-likeness (QED) is 0.719. The molecule has 0 fully saturated rings. The smallest absolute Gasteiger partial charge is 0.262 e. The van der Waals surface area contributed by atoms with E-state index >= 15 is 0 Å². The van der Waals surface area contributed by atoms with E-state index in [0.29, 0.717) is 18.0 Å². The van der Waals surface area contributed by atoms with Gasteiger partial charge in [-0.3, -0.25) is 9.59 Å². The molecule has 0 atom stereocenters. The number of benzene rings is 2. The first-order valence-electron chi connectivity index (χ1n) is 9.66. The summed E-state index contributed by atoms with van der Waals surface area (Å²) in [6.07, 6.45) is 0.320. The molecule has 0 spiro atoms. The van der Waals surface area contributed by atoms with Gasteiger partial charge in [-0.25, -0.2) is 0 Å². The summed E-state index contributed by atoms with van der Waals surface area (Å²) < 4.78 is 5.71. The van der Waals surface area contributed by atoms with Gasteiger partial charge in [0.1, 0.15) is 5.75 Å². The van der Waals surface area contributed by atoms with Crippen LogP contribution < -0.4 is 15.4 Å².